The Kier molecular flexibility index (Phi) is 4.51. The van der Waals surface area contributed by atoms with Gasteiger partial charge < -0.3 is 10.6 Å². The summed E-state index contributed by atoms with van der Waals surface area (Å²) in [5, 5.41) is 8.80. The quantitative estimate of drug-likeness (QED) is 0.897. The Balaban J connectivity index is 1.61. The number of rotatable bonds is 4. The van der Waals surface area contributed by atoms with E-state index in [1.165, 1.54) is 19.3 Å². The zero-order chi connectivity index (χ0) is 14.5. The molecule has 0 aromatic heterocycles. The predicted octanol–water partition coefficient (Wildman–Crippen LogP) is 3.70. The zero-order valence-corrected chi connectivity index (χ0v) is 12.3. The fourth-order valence-electron chi connectivity index (χ4n) is 3.02. The Bertz CT molecular complexity index is 612. The Labute approximate surface area is 125 Å². The van der Waals surface area contributed by atoms with E-state index < -0.39 is 0 Å². The largest absolute Gasteiger partial charge is 0.326 e. The number of amides is 1. The van der Waals surface area contributed by atoms with E-state index in [0.29, 0.717) is 12.5 Å². The molecule has 1 saturated heterocycles. The van der Waals surface area contributed by atoms with E-state index in [4.69, 9.17) is 0 Å². The molecule has 3 rings (SSSR count). The maximum atomic E-state index is 12.2. The molecular weight excluding hydrogens is 260 g/mol. The van der Waals surface area contributed by atoms with Gasteiger partial charge in [0, 0.05) is 23.5 Å². The van der Waals surface area contributed by atoms with Gasteiger partial charge in [-0.1, -0.05) is 42.8 Å². The van der Waals surface area contributed by atoms with E-state index in [9.17, 15) is 4.79 Å². The summed E-state index contributed by atoms with van der Waals surface area (Å²) in [5.74, 6) is 0.110. The Morgan fingerprint density at radius 3 is 2.86 bits per heavy atom. The molecule has 2 N–H and O–H groups in total. The van der Waals surface area contributed by atoms with Crippen molar-refractivity contribution in [3.63, 3.8) is 0 Å². The van der Waals surface area contributed by atoms with Gasteiger partial charge in [0.05, 0.1) is 0 Å². The molecular formula is C18H22N2O. The van der Waals surface area contributed by atoms with Crippen molar-refractivity contribution in [2.75, 3.05) is 11.9 Å². The second kappa shape index (κ2) is 6.72. The van der Waals surface area contributed by atoms with Crippen molar-refractivity contribution < 1.29 is 4.79 Å². The molecule has 1 atom stereocenters. The average molecular weight is 282 g/mol. The standard InChI is InChI=1S/C18H22N2O/c21-18(12-11-15-8-3-4-13-19-15)20-17-10-5-7-14-6-1-2-9-16(14)17/h1-2,5-7,9-10,15,19H,3-4,8,11-13H2,(H,20,21). The van der Waals surface area contributed by atoms with Crippen molar-refractivity contribution in [1.82, 2.24) is 5.32 Å². The average Bonchev–Trinajstić information content (AvgIpc) is 2.54. The van der Waals surface area contributed by atoms with Crippen LogP contribution in [0.3, 0.4) is 0 Å². The van der Waals surface area contributed by atoms with Crippen molar-refractivity contribution in [3.8, 4) is 0 Å². The monoisotopic (exact) mass is 282 g/mol. The Morgan fingerprint density at radius 2 is 2.00 bits per heavy atom. The van der Waals surface area contributed by atoms with Crippen molar-refractivity contribution in [2.45, 2.75) is 38.1 Å². The molecule has 1 unspecified atom stereocenters. The second-order valence-corrected chi connectivity index (χ2v) is 5.76. The van der Waals surface area contributed by atoms with Crippen LogP contribution >= 0.6 is 0 Å². The lowest BCUT2D eigenvalue weighted by Gasteiger charge is -2.23. The van der Waals surface area contributed by atoms with Crippen molar-refractivity contribution in [1.29, 1.82) is 0 Å². The van der Waals surface area contributed by atoms with E-state index >= 15 is 0 Å². The van der Waals surface area contributed by atoms with Crippen molar-refractivity contribution in [3.05, 3.63) is 42.5 Å². The fourth-order valence-corrected chi connectivity index (χ4v) is 3.02. The molecule has 110 valence electrons. The minimum atomic E-state index is 0.110. The molecule has 0 radical (unpaired) electrons. The van der Waals surface area contributed by atoms with E-state index in [1.54, 1.807) is 0 Å². The van der Waals surface area contributed by atoms with Crippen LogP contribution in [0.5, 0.6) is 0 Å². The van der Waals surface area contributed by atoms with Gasteiger partial charge in [-0.3, -0.25) is 4.79 Å². The van der Waals surface area contributed by atoms with Gasteiger partial charge in [-0.05, 0) is 37.3 Å². The molecule has 0 saturated carbocycles. The second-order valence-electron chi connectivity index (χ2n) is 5.76. The maximum absolute atomic E-state index is 12.2. The van der Waals surface area contributed by atoms with E-state index in [0.717, 1.165) is 29.4 Å². The van der Waals surface area contributed by atoms with Crippen molar-refractivity contribution >= 4 is 22.4 Å². The maximum Gasteiger partial charge on any atom is 0.224 e. The third-order valence-electron chi connectivity index (χ3n) is 4.20. The van der Waals surface area contributed by atoms with E-state index in [-0.39, 0.29) is 5.91 Å². The lowest BCUT2D eigenvalue weighted by atomic mass is 10.0. The number of piperidine rings is 1. The SMILES string of the molecule is O=C(CCC1CCCCN1)Nc1cccc2ccccc12. The Hall–Kier alpha value is -1.87. The predicted molar refractivity (Wildman–Crippen MR) is 87.5 cm³/mol. The highest BCUT2D eigenvalue weighted by molar-refractivity contribution is 6.02. The van der Waals surface area contributed by atoms with Crippen LogP contribution in [-0.4, -0.2) is 18.5 Å². The molecule has 1 amide bonds. The van der Waals surface area contributed by atoms with E-state index in [2.05, 4.69) is 22.8 Å². The fraction of sp³-hybridized carbons (Fsp3) is 0.389. The summed E-state index contributed by atoms with van der Waals surface area (Å²) in [6, 6.07) is 14.7. The van der Waals surface area contributed by atoms with Crippen molar-refractivity contribution in [2.24, 2.45) is 0 Å². The minimum Gasteiger partial charge on any atom is -0.326 e. The molecule has 1 aliphatic rings. The highest BCUT2D eigenvalue weighted by Gasteiger charge is 2.14. The third kappa shape index (κ3) is 3.61. The molecule has 0 aliphatic carbocycles. The molecule has 1 aliphatic heterocycles. The van der Waals surface area contributed by atoms with Crippen LogP contribution in [0.1, 0.15) is 32.1 Å². The van der Waals surface area contributed by atoms with Gasteiger partial charge in [0.15, 0.2) is 0 Å². The van der Waals surface area contributed by atoms with Gasteiger partial charge in [-0.2, -0.15) is 0 Å². The topological polar surface area (TPSA) is 41.1 Å². The van der Waals surface area contributed by atoms with E-state index in [1.807, 2.05) is 30.3 Å². The highest BCUT2D eigenvalue weighted by atomic mass is 16.1. The molecule has 0 spiro atoms. The van der Waals surface area contributed by atoms with Gasteiger partial charge >= 0.3 is 0 Å². The number of hydrogen-bond acceptors (Lipinski definition) is 2. The summed E-state index contributed by atoms with van der Waals surface area (Å²) in [4.78, 5) is 12.2. The number of fused-ring (bicyclic) bond motifs is 1. The number of anilines is 1. The van der Waals surface area contributed by atoms with Gasteiger partial charge in [-0.15, -0.1) is 0 Å². The van der Waals surface area contributed by atoms with Crippen LogP contribution in [0.4, 0.5) is 5.69 Å². The summed E-state index contributed by atoms with van der Waals surface area (Å²) in [5.41, 5.74) is 0.912. The summed E-state index contributed by atoms with van der Waals surface area (Å²) in [6.07, 6.45) is 5.25. The highest BCUT2D eigenvalue weighted by Crippen LogP contribution is 2.23. The minimum absolute atomic E-state index is 0.110. The van der Waals surface area contributed by atoms with Crippen LogP contribution < -0.4 is 10.6 Å². The van der Waals surface area contributed by atoms with Gasteiger partial charge in [0.25, 0.3) is 0 Å². The molecule has 3 heteroatoms. The first-order valence-electron chi connectivity index (χ1n) is 7.84. The number of benzene rings is 2. The van der Waals surface area contributed by atoms with Crippen LogP contribution in [0.2, 0.25) is 0 Å². The molecule has 2 aromatic rings. The number of carbonyl (C=O) groups excluding carboxylic acids is 1. The normalized spacial score (nSPS) is 18.6. The van der Waals surface area contributed by atoms with Crippen LogP contribution in [-0.2, 0) is 4.79 Å². The van der Waals surface area contributed by atoms with Gasteiger partial charge in [0.1, 0.15) is 0 Å². The van der Waals surface area contributed by atoms with Crippen LogP contribution in [0.15, 0.2) is 42.5 Å². The summed E-state index contributed by atoms with van der Waals surface area (Å²) in [7, 11) is 0. The zero-order valence-electron chi connectivity index (χ0n) is 12.3. The lowest BCUT2D eigenvalue weighted by molar-refractivity contribution is -0.116. The first kappa shape index (κ1) is 14.1. The molecule has 21 heavy (non-hydrogen) atoms. The molecule has 0 bridgehead atoms. The summed E-state index contributed by atoms with van der Waals surface area (Å²) in [6.45, 7) is 1.09. The first-order chi connectivity index (χ1) is 10.3. The molecule has 1 heterocycles. The number of nitrogens with one attached hydrogen (secondary N) is 2. The van der Waals surface area contributed by atoms with Gasteiger partial charge in [-0.25, -0.2) is 0 Å². The molecule has 3 nitrogen and oxygen atoms in total. The van der Waals surface area contributed by atoms with Crippen LogP contribution in [0, 0.1) is 0 Å². The smallest absolute Gasteiger partial charge is 0.224 e. The lowest BCUT2D eigenvalue weighted by Crippen LogP contribution is -2.34. The summed E-state index contributed by atoms with van der Waals surface area (Å²) >= 11 is 0. The van der Waals surface area contributed by atoms with Crippen LogP contribution in [0.25, 0.3) is 10.8 Å². The number of hydrogen-bond donors (Lipinski definition) is 2. The molecule has 1 fully saturated rings. The molecule has 2 aromatic carbocycles. The first-order valence-corrected chi connectivity index (χ1v) is 7.84. The number of carbonyl (C=O) groups is 1. The van der Waals surface area contributed by atoms with Gasteiger partial charge in [0.2, 0.25) is 5.91 Å². The summed E-state index contributed by atoms with van der Waals surface area (Å²) < 4.78 is 0. The third-order valence-corrected chi connectivity index (χ3v) is 4.20. The Morgan fingerprint density at radius 1 is 1.14 bits per heavy atom.